The predicted molar refractivity (Wildman–Crippen MR) is 180 cm³/mol. The molecule has 13 heteroatoms. The van der Waals surface area contributed by atoms with E-state index in [0.29, 0.717) is 16.4 Å². The van der Waals surface area contributed by atoms with Gasteiger partial charge in [0.2, 0.25) is 5.91 Å². The number of ether oxygens (including phenoxy) is 1. The number of amidine groups is 2. The van der Waals surface area contributed by atoms with E-state index in [4.69, 9.17) is 5.73 Å². The second-order valence-electron chi connectivity index (χ2n) is 11.4. The van der Waals surface area contributed by atoms with Gasteiger partial charge in [-0.05, 0) is 85.5 Å². The zero-order valence-corrected chi connectivity index (χ0v) is 26.8. The number of carbonyl (C=O) groups excluding carboxylic acids is 2. The second kappa shape index (κ2) is 14.8. The number of hydrogen-bond acceptors (Lipinski definition) is 5. The molecule has 0 aromatic heterocycles. The smallest absolute Gasteiger partial charge is 0.406 e. The average Bonchev–Trinajstić information content (AvgIpc) is 3.64. The molecule has 246 valence electrons. The number of carbonyl (C=O) groups is 2. The minimum atomic E-state index is -4.76. The molecule has 0 spiro atoms. The molecule has 1 aliphatic heterocycles. The Morgan fingerprint density at radius 3 is 2.55 bits per heavy atom. The molecular formula is C34H35F3N6O3S. The first kappa shape index (κ1) is 33.7. The van der Waals surface area contributed by atoms with Crippen molar-refractivity contribution in [3.05, 3.63) is 89.0 Å². The predicted octanol–water partition coefficient (Wildman–Crippen LogP) is 7.39. The maximum absolute atomic E-state index is 13.0. The number of aliphatic imine (C=N–C) groups is 3. The van der Waals surface area contributed by atoms with E-state index >= 15 is 0 Å². The van der Waals surface area contributed by atoms with Crippen molar-refractivity contribution >= 4 is 52.4 Å². The average molecular weight is 665 g/mol. The summed E-state index contributed by atoms with van der Waals surface area (Å²) in [5.41, 5.74) is 11.2. The first-order valence-electron chi connectivity index (χ1n) is 15.3. The number of anilines is 1. The van der Waals surface area contributed by atoms with Crippen LogP contribution < -0.4 is 20.7 Å². The highest BCUT2D eigenvalue weighted by atomic mass is 32.2. The molecule has 1 saturated carbocycles. The number of aryl methyl sites for hydroxylation is 2. The summed E-state index contributed by atoms with van der Waals surface area (Å²) in [7, 11) is 0. The summed E-state index contributed by atoms with van der Waals surface area (Å²) in [4.78, 5) is 40.0. The van der Waals surface area contributed by atoms with Crippen LogP contribution in [0.3, 0.4) is 0 Å². The molecule has 5 rings (SSSR count). The summed E-state index contributed by atoms with van der Waals surface area (Å²) < 4.78 is 40.8. The molecule has 2 aliphatic rings. The molecule has 2 atom stereocenters. The fourth-order valence-corrected chi connectivity index (χ4v) is 6.50. The number of nitrogens with one attached hydrogen (secondary N) is 1. The number of hydrogen-bond donors (Lipinski definition) is 2. The number of nitrogens with two attached hydrogens (primary N) is 1. The minimum absolute atomic E-state index is 0.0429. The van der Waals surface area contributed by atoms with E-state index in [1.165, 1.54) is 42.4 Å². The second-order valence-corrected chi connectivity index (χ2v) is 12.3. The van der Waals surface area contributed by atoms with Crippen LogP contribution in [0.2, 0.25) is 0 Å². The lowest BCUT2D eigenvalue weighted by Crippen LogP contribution is -2.34. The number of halogens is 3. The zero-order valence-electron chi connectivity index (χ0n) is 26.0. The van der Waals surface area contributed by atoms with E-state index in [1.807, 2.05) is 49.4 Å². The van der Waals surface area contributed by atoms with Crippen LogP contribution in [0.4, 0.5) is 29.3 Å². The van der Waals surface area contributed by atoms with Crippen LogP contribution in [-0.4, -0.2) is 47.4 Å². The van der Waals surface area contributed by atoms with Gasteiger partial charge in [-0.15, -0.1) is 13.2 Å². The fourth-order valence-electron chi connectivity index (χ4n) is 5.65. The van der Waals surface area contributed by atoms with Gasteiger partial charge < -0.3 is 15.8 Å². The van der Waals surface area contributed by atoms with Crippen molar-refractivity contribution in [2.45, 2.75) is 64.3 Å². The molecule has 3 aromatic carbocycles. The Morgan fingerprint density at radius 1 is 1.11 bits per heavy atom. The van der Waals surface area contributed by atoms with Crippen LogP contribution in [0.1, 0.15) is 60.8 Å². The number of alkyl halides is 3. The molecule has 47 heavy (non-hydrogen) atoms. The Balaban J connectivity index is 1.16. The van der Waals surface area contributed by atoms with Crippen molar-refractivity contribution in [3.63, 3.8) is 0 Å². The van der Waals surface area contributed by atoms with Gasteiger partial charge in [0.15, 0.2) is 5.17 Å². The van der Waals surface area contributed by atoms with Gasteiger partial charge in [0.25, 0.3) is 0 Å². The molecule has 0 radical (unpaired) electrons. The van der Waals surface area contributed by atoms with Gasteiger partial charge in [-0.2, -0.15) is 4.99 Å². The van der Waals surface area contributed by atoms with Crippen LogP contribution in [0, 0.1) is 6.92 Å². The molecule has 9 nitrogen and oxygen atoms in total. The van der Waals surface area contributed by atoms with Gasteiger partial charge >= 0.3 is 12.4 Å². The molecule has 3 aromatic rings. The van der Waals surface area contributed by atoms with E-state index in [2.05, 4.69) is 32.0 Å². The lowest BCUT2D eigenvalue weighted by atomic mass is 9.96. The minimum Gasteiger partial charge on any atom is -0.406 e. The molecule has 2 fully saturated rings. The van der Waals surface area contributed by atoms with Crippen molar-refractivity contribution in [1.29, 1.82) is 0 Å². The van der Waals surface area contributed by atoms with Crippen LogP contribution in [0.15, 0.2) is 81.7 Å². The van der Waals surface area contributed by atoms with Crippen LogP contribution in [-0.2, 0) is 11.2 Å². The molecule has 0 bridgehead atoms. The Hall–Kier alpha value is -4.65. The number of rotatable bonds is 9. The third kappa shape index (κ3) is 9.00. The summed E-state index contributed by atoms with van der Waals surface area (Å²) in [5.74, 6) is 0.302. The standard InChI is InChI=1S/C34H35F3N6O3S/c1-3-4-23-6-5-21(2)17-29(23)43-30(44)19-47-33(43)42-32(45)41-27-12-11-25(18-27)22-7-9-24(10-8-22)31(38)40-20-39-26-13-15-28(16-14-26)46-34(35,36)37/h5-10,13-17,20,25,27H,3-4,11-12,18-19H2,1-2H3,(H,41,45)(H2,38,39,40). The monoisotopic (exact) mass is 664 g/mol. The Kier molecular flexibility index (Phi) is 10.6. The highest BCUT2D eigenvalue weighted by Gasteiger charge is 2.33. The van der Waals surface area contributed by atoms with Gasteiger partial charge in [-0.3, -0.25) is 9.69 Å². The largest absolute Gasteiger partial charge is 0.573 e. The van der Waals surface area contributed by atoms with Crippen LogP contribution in [0.25, 0.3) is 0 Å². The van der Waals surface area contributed by atoms with Gasteiger partial charge in [-0.1, -0.05) is 61.5 Å². The molecule has 1 aliphatic carbocycles. The molecular weight excluding hydrogens is 629 g/mol. The maximum Gasteiger partial charge on any atom is 0.573 e. The number of nitrogens with zero attached hydrogens (tertiary/aromatic N) is 4. The van der Waals surface area contributed by atoms with Crippen molar-refractivity contribution in [2.24, 2.45) is 20.7 Å². The Morgan fingerprint density at radius 2 is 1.85 bits per heavy atom. The molecule has 2 unspecified atom stereocenters. The summed E-state index contributed by atoms with van der Waals surface area (Å²) in [6.07, 6.45) is 0.701. The third-order valence-electron chi connectivity index (χ3n) is 7.88. The van der Waals surface area contributed by atoms with Crippen molar-refractivity contribution < 1.29 is 27.5 Å². The van der Waals surface area contributed by atoms with E-state index in [-0.39, 0.29) is 35.2 Å². The molecule has 1 heterocycles. The van der Waals surface area contributed by atoms with E-state index in [9.17, 15) is 22.8 Å². The molecule has 1 saturated heterocycles. The first-order valence-corrected chi connectivity index (χ1v) is 16.2. The van der Waals surface area contributed by atoms with Crippen LogP contribution in [0.5, 0.6) is 5.75 Å². The Bertz CT molecular complexity index is 1690. The number of thioether (sulfide) groups is 1. The topological polar surface area (TPSA) is 122 Å². The normalized spacial score (nSPS) is 19.6. The molecule has 3 N–H and O–H groups in total. The van der Waals surface area contributed by atoms with Gasteiger partial charge in [-0.25, -0.2) is 14.8 Å². The van der Waals surface area contributed by atoms with E-state index in [0.717, 1.165) is 54.5 Å². The lowest BCUT2D eigenvalue weighted by molar-refractivity contribution is -0.274. The van der Waals surface area contributed by atoms with Gasteiger partial charge in [0, 0.05) is 11.6 Å². The summed E-state index contributed by atoms with van der Waals surface area (Å²) in [6, 6.07) is 18.3. The van der Waals surface area contributed by atoms with Gasteiger partial charge in [0.1, 0.15) is 17.9 Å². The van der Waals surface area contributed by atoms with Crippen molar-refractivity contribution in [3.8, 4) is 5.75 Å². The highest BCUT2D eigenvalue weighted by molar-refractivity contribution is 8.15. The lowest BCUT2D eigenvalue weighted by Gasteiger charge is -2.20. The summed E-state index contributed by atoms with van der Waals surface area (Å²) in [6.45, 7) is 4.07. The van der Waals surface area contributed by atoms with E-state index < -0.39 is 12.4 Å². The number of benzene rings is 3. The van der Waals surface area contributed by atoms with Gasteiger partial charge in [0.05, 0.1) is 17.1 Å². The zero-order chi connectivity index (χ0) is 33.6. The Labute approximate surface area is 275 Å². The summed E-state index contributed by atoms with van der Waals surface area (Å²) in [5, 5.41) is 3.44. The maximum atomic E-state index is 13.0. The number of urea groups is 1. The fraction of sp³-hybridized carbons (Fsp3) is 0.324. The summed E-state index contributed by atoms with van der Waals surface area (Å²) >= 11 is 1.28. The van der Waals surface area contributed by atoms with Crippen LogP contribution >= 0.6 is 11.8 Å². The highest BCUT2D eigenvalue weighted by Crippen LogP contribution is 2.35. The quantitative estimate of drug-likeness (QED) is 0.183. The number of amides is 3. The molecule has 3 amide bonds. The van der Waals surface area contributed by atoms with Crippen molar-refractivity contribution in [2.75, 3.05) is 10.7 Å². The first-order chi connectivity index (χ1) is 22.5. The SMILES string of the molecule is CCCc1ccc(C)cc1N1C(=O)CSC1=NC(=O)NC1CCC(c2ccc(C(N)=NC=Nc3ccc(OC(F)(F)F)cc3)cc2)C1. The van der Waals surface area contributed by atoms with Crippen molar-refractivity contribution in [1.82, 2.24) is 5.32 Å². The van der Waals surface area contributed by atoms with E-state index in [1.54, 1.807) is 4.90 Å². The third-order valence-corrected chi connectivity index (χ3v) is 8.80.